The van der Waals surface area contributed by atoms with Crippen LogP contribution in [0.4, 0.5) is 0 Å². The van der Waals surface area contributed by atoms with Gasteiger partial charge in [-0.25, -0.2) is 4.98 Å². The number of nitrogens with one attached hydrogen (secondary N) is 1. The molecule has 0 aliphatic carbocycles. The lowest BCUT2D eigenvalue weighted by atomic mass is 10.1. The summed E-state index contributed by atoms with van der Waals surface area (Å²) in [5, 5.41) is 3.16. The number of likely N-dealkylation sites (tertiary alicyclic amines) is 1. The standard InChI is InChI=1S/C17H24N4O2/c1-4-23-14-6-5-9-21-15(12(2)18-16(14)21)17(22)19-13-7-10-20(3)11-8-13/h5-6,9,13H,4,7-8,10-11H2,1-3H3,(H,19,22). The number of ether oxygens (including phenoxy) is 1. The molecule has 1 aliphatic rings. The zero-order chi connectivity index (χ0) is 16.4. The van der Waals surface area contributed by atoms with E-state index in [4.69, 9.17) is 4.74 Å². The quantitative estimate of drug-likeness (QED) is 0.935. The number of piperidine rings is 1. The molecule has 0 radical (unpaired) electrons. The summed E-state index contributed by atoms with van der Waals surface area (Å²) in [5.41, 5.74) is 2.02. The highest BCUT2D eigenvalue weighted by Crippen LogP contribution is 2.22. The Morgan fingerprint density at radius 1 is 1.43 bits per heavy atom. The molecule has 0 bridgehead atoms. The van der Waals surface area contributed by atoms with Gasteiger partial charge in [-0.1, -0.05) is 0 Å². The van der Waals surface area contributed by atoms with E-state index < -0.39 is 0 Å². The van der Waals surface area contributed by atoms with Crippen LogP contribution in [0.5, 0.6) is 5.75 Å². The molecule has 0 saturated carbocycles. The van der Waals surface area contributed by atoms with E-state index in [-0.39, 0.29) is 11.9 Å². The van der Waals surface area contributed by atoms with Gasteiger partial charge in [0.15, 0.2) is 11.4 Å². The third-order valence-corrected chi connectivity index (χ3v) is 4.36. The number of carbonyl (C=O) groups is 1. The lowest BCUT2D eigenvalue weighted by molar-refractivity contribution is 0.0910. The summed E-state index contributed by atoms with van der Waals surface area (Å²) in [6.45, 7) is 6.42. The summed E-state index contributed by atoms with van der Waals surface area (Å²) < 4.78 is 7.43. The summed E-state index contributed by atoms with van der Waals surface area (Å²) in [6.07, 6.45) is 3.84. The maximum Gasteiger partial charge on any atom is 0.270 e. The second-order valence-corrected chi connectivity index (χ2v) is 6.10. The first kappa shape index (κ1) is 15.8. The average Bonchev–Trinajstić information content (AvgIpc) is 2.87. The van der Waals surface area contributed by atoms with E-state index in [1.807, 2.05) is 36.6 Å². The average molecular weight is 316 g/mol. The van der Waals surface area contributed by atoms with Crippen LogP contribution in [-0.4, -0.2) is 53.0 Å². The number of fused-ring (bicyclic) bond motifs is 1. The Labute approximate surface area is 136 Å². The fourth-order valence-electron chi connectivity index (χ4n) is 3.10. The van der Waals surface area contributed by atoms with Gasteiger partial charge in [0.2, 0.25) is 0 Å². The van der Waals surface area contributed by atoms with Crippen molar-refractivity contribution in [3.05, 3.63) is 29.7 Å². The van der Waals surface area contributed by atoms with Gasteiger partial charge in [0.1, 0.15) is 5.69 Å². The van der Waals surface area contributed by atoms with Crippen LogP contribution in [0.25, 0.3) is 5.65 Å². The molecule has 2 aromatic heterocycles. The van der Waals surface area contributed by atoms with Gasteiger partial charge in [-0.2, -0.15) is 0 Å². The monoisotopic (exact) mass is 316 g/mol. The summed E-state index contributed by atoms with van der Waals surface area (Å²) in [4.78, 5) is 19.5. The fraction of sp³-hybridized carbons (Fsp3) is 0.529. The minimum absolute atomic E-state index is 0.0572. The van der Waals surface area contributed by atoms with Crippen molar-refractivity contribution in [1.29, 1.82) is 0 Å². The van der Waals surface area contributed by atoms with E-state index in [1.54, 1.807) is 0 Å². The smallest absolute Gasteiger partial charge is 0.270 e. The van der Waals surface area contributed by atoms with Gasteiger partial charge in [-0.3, -0.25) is 9.20 Å². The molecule has 0 spiro atoms. The minimum Gasteiger partial charge on any atom is -0.490 e. The number of aromatic nitrogens is 2. The number of hydrogen-bond donors (Lipinski definition) is 1. The molecule has 0 unspecified atom stereocenters. The molecular weight excluding hydrogens is 292 g/mol. The Morgan fingerprint density at radius 2 is 2.17 bits per heavy atom. The first-order valence-corrected chi connectivity index (χ1v) is 8.20. The number of carbonyl (C=O) groups excluding carboxylic acids is 1. The Balaban J connectivity index is 1.85. The zero-order valence-corrected chi connectivity index (χ0v) is 14.0. The fourth-order valence-corrected chi connectivity index (χ4v) is 3.10. The molecule has 1 fully saturated rings. The van der Waals surface area contributed by atoms with Crippen molar-refractivity contribution in [2.45, 2.75) is 32.7 Å². The minimum atomic E-state index is -0.0572. The highest BCUT2D eigenvalue weighted by molar-refractivity contribution is 5.95. The van der Waals surface area contributed by atoms with E-state index in [1.165, 1.54) is 0 Å². The number of nitrogens with zero attached hydrogens (tertiary/aromatic N) is 3. The number of amides is 1. The van der Waals surface area contributed by atoms with Crippen molar-refractivity contribution in [3.63, 3.8) is 0 Å². The van der Waals surface area contributed by atoms with Crippen molar-refractivity contribution < 1.29 is 9.53 Å². The molecule has 0 atom stereocenters. The lowest BCUT2D eigenvalue weighted by Gasteiger charge is -2.29. The molecule has 6 heteroatoms. The maximum atomic E-state index is 12.7. The predicted octanol–water partition coefficient (Wildman–Crippen LogP) is 1.87. The van der Waals surface area contributed by atoms with Crippen LogP contribution in [-0.2, 0) is 0 Å². The SMILES string of the molecule is CCOc1cccn2c(C(=O)NC3CCN(C)CC3)c(C)nc12. The summed E-state index contributed by atoms with van der Waals surface area (Å²) >= 11 is 0. The summed E-state index contributed by atoms with van der Waals surface area (Å²) in [7, 11) is 2.11. The van der Waals surface area contributed by atoms with E-state index in [0.29, 0.717) is 23.7 Å². The summed E-state index contributed by atoms with van der Waals surface area (Å²) in [6, 6.07) is 3.99. The molecule has 1 saturated heterocycles. The van der Waals surface area contributed by atoms with E-state index in [9.17, 15) is 4.79 Å². The van der Waals surface area contributed by atoms with Gasteiger partial charge in [0, 0.05) is 12.2 Å². The number of pyridine rings is 1. The Morgan fingerprint density at radius 3 is 2.87 bits per heavy atom. The number of rotatable bonds is 4. The van der Waals surface area contributed by atoms with Gasteiger partial charge in [0.25, 0.3) is 5.91 Å². The molecule has 23 heavy (non-hydrogen) atoms. The third kappa shape index (κ3) is 3.17. The molecule has 124 valence electrons. The lowest BCUT2D eigenvalue weighted by Crippen LogP contribution is -2.43. The van der Waals surface area contributed by atoms with Crippen molar-refractivity contribution >= 4 is 11.6 Å². The Hall–Kier alpha value is -2.08. The second-order valence-electron chi connectivity index (χ2n) is 6.10. The molecule has 1 amide bonds. The first-order chi connectivity index (χ1) is 11.1. The highest BCUT2D eigenvalue weighted by atomic mass is 16.5. The highest BCUT2D eigenvalue weighted by Gasteiger charge is 2.23. The second kappa shape index (κ2) is 6.58. The van der Waals surface area contributed by atoms with Gasteiger partial charge >= 0.3 is 0 Å². The van der Waals surface area contributed by atoms with Crippen LogP contribution in [0.15, 0.2) is 18.3 Å². The number of aryl methyl sites for hydroxylation is 1. The van der Waals surface area contributed by atoms with Crippen molar-refractivity contribution in [1.82, 2.24) is 19.6 Å². The van der Waals surface area contributed by atoms with Crippen LogP contribution < -0.4 is 10.1 Å². The van der Waals surface area contributed by atoms with Gasteiger partial charge in [-0.15, -0.1) is 0 Å². The largest absolute Gasteiger partial charge is 0.490 e. The van der Waals surface area contributed by atoms with E-state index in [0.717, 1.165) is 31.6 Å². The van der Waals surface area contributed by atoms with Crippen LogP contribution in [0.2, 0.25) is 0 Å². The molecule has 1 N–H and O–H groups in total. The molecular formula is C17H24N4O2. The van der Waals surface area contributed by atoms with Crippen LogP contribution in [0.1, 0.15) is 35.9 Å². The predicted molar refractivity (Wildman–Crippen MR) is 89.1 cm³/mol. The van der Waals surface area contributed by atoms with Crippen molar-refractivity contribution in [3.8, 4) is 5.75 Å². The summed E-state index contributed by atoms with van der Waals surface area (Å²) in [5.74, 6) is 0.648. The first-order valence-electron chi connectivity index (χ1n) is 8.20. The molecule has 2 aromatic rings. The zero-order valence-electron chi connectivity index (χ0n) is 14.0. The molecule has 0 aromatic carbocycles. The van der Waals surface area contributed by atoms with Crippen LogP contribution >= 0.6 is 0 Å². The number of hydrogen-bond acceptors (Lipinski definition) is 4. The van der Waals surface area contributed by atoms with E-state index >= 15 is 0 Å². The third-order valence-electron chi connectivity index (χ3n) is 4.36. The molecule has 3 rings (SSSR count). The topological polar surface area (TPSA) is 58.9 Å². The van der Waals surface area contributed by atoms with Crippen molar-refractivity contribution in [2.75, 3.05) is 26.7 Å². The molecule has 1 aliphatic heterocycles. The molecule has 3 heterocycles. The van der Waals surface area contributed by atoms with E-state index in [2.05, 4.69) is 22.2 Å². The van der Waals surface area contributed by atoms with Gasteiger partial charge in [0.05, 0.1) is 12.3 Å². The van der Waals surface area contributed by atoms with Crippen LogP contribution in [0, 0.1) is 6.92 Å². The van der Waals surface area contributed by atoms with Gasteiger partial charge < -0.3 is 15.0 Å². The normalized spacial score (nSPS) is 16.7. The van der Waals surface area contributed by atoms with Gasteiger partial charge in [-0.05, 0) is 59.0 Å². The van der Waals surface area contributed by atoms with Crippen LogP contribution in [0.3, 0.4) is 0 Å². The Kier molecular flexibility index (Phi) is 4.52. The molecule has 6 nitrogen and oxygen atoms in total. The maximum absolute atomic E-state index is 12.7. The Bertz CT molecular complexity index is 702. The number of imidazole rings is 1. The van der Waals surface area contributed by atoms with Crippen molar-refractivity contribution in [2.24, 2.45) is 0 Å².